The van der Waals surface area contributed by atoms with Crippen molar-refractivity contribution in [1.29, 1.82) is 0 Å². The van der Waals surface area contributed by atoms with E-state index in [2.05, 4.69) is 0 Å². The van der Waals surface area contributed by atoms with Crippen LogP contribution in [0.15, 0.2) is 17.0 Å². The summed E-state index contributed by atoms with van der Waals surface area (Å²) in [5, 5.41) is 0. The maximum atomic E-state index is 13.1. The zero-order chi connectivity index (χ0) is 11.5. The summed E-state index contributed by atoms with van der Waals surface area (Å²) < 4.78 is 31.5. The Hall–Kier alpha value is -0.810. The molecule has 0 radical (unpaired) electrons. The van der Waals surface area contributed by atoms with Gasteiger partial charge in [-0.15, -0.1) is 11.8 Å². The minimum Gasteiger partial charge on any atom is -0.395 e. The van der Waals surface area contributed by atoms with Crippen molar-refractivity contribution in [3.63, 3.8) is 0 Å². The van der Waals surface area contributed by atoms with Crippen molar-refractivity contribution in [3.8, 4) is 0 Å². The van der Waals surface area contributed by atoms with Gasteiger partial charge in [-0.25, -0.2) is 8.78 Å². The van der Waals surface area contributed by atoms with Gasteiger partial charge in [0.15, 0.2) is 0 Å². The third-order valence-corrected chi connectivity index (χ3v) is 3.69. The van der Waals surface area contributed by atoms with Gasteiger partial charge in [-0.1, -0.05) is 0 Å². The van der Waals surface area contributed by atoms with Crippen molar-refractivity contribution in [2.75, 3.05) is 18.1 Å². The Balaban J connectivity index is 2.02. The van der Waals surface area contributed by atoms with Crippen LogP contribution in [-0.2, 0) is 4.74 Å². The van der Waals surface area contributed by atoms with E-state index in [-0.39, 0.29) is 11.8 Å². The molecule has 1 aliphatic heterocycles. The van der Waals surface area contributed by atoms with Gasteiger partial charge >= 0.3 is 0 Å². The number of hydrogen-bond donors (Lipinski definition) is 1. The summed E-state index contributed by atoms with van der Waals surface area (Å²) in [5.74, 6) is -0.607. The van der Waals surface area contributed by atoms with Crippen molar-refractivity contribution < 1.29 is 13.5 Å². The molecule has 0 amide bonds. The molecular formula is C11H13F2NOS. The topological polar surface area (TPSA) is 35.2 Å². The Bertz CT molecular complexity index is 380. The number of nitrogen functional groups attached to an aromatic ring is 1. The summed E-state index contributed by atoms with van der Waals surface area (Å²) in [4.78, 5) is 0.452. The van der Waals surface area contributed by atoms with E-state index in [1.54, 1.807) is 0 Å². The molecule has 5 heteroatoms. The molecule has 1 atom stereocenters. The maximum Gasteiger partial charge on any atom is 0.150 e. The number of hydrogen-bond acceptors (Lipinski definition) is 3. The van der Waals surface area contributed by atoms with E-state index in [0.29, 0.717) is 10.6 Å². The maximum absolute atomic E-state index is 13.1. The number of ether oxygens (including phenoxy) is 1. The van der Waals surface area contributed by atoms with Gasteiger partial charge in [-0.05, 0) is 18.9 Å². The Morgan fingerprint density at radius 3 is 2.94 bits per heavy atom. The van der Waals surface area contributed by atoms with Crippen LogP contribution in [0.25, 0.3) is 0 Å². The first-order valence-corrected chi connectivity index (χ1v) is 6.14. The molecule has 16 heavy (non-hydrogen) atoms. The second-order valence-corrected chi connectivity index (χ2v) is 4.81. The summed E-state index contributed by atoms with van der Waals surface area (Å²) in [5.41, 5.74) is 5.55. The molecule has 1 unspecified atom stereocenters. The molecule has 0 spiro atoms. The molecule has 2 N–H and O–H groups in total. The lowest BCUT2D eigenvalue weighted by Crippen LogP contribution is -2.08. The fraction of sp³-hybridized carbons (Fsp3) is 0.455. The molecule has 0 saturated carbocycles. The zero-order valence-corrected chi connectivity index (χ0v) is 9.53. The quantitative estimate of drug-likeness (QED) is 0.657. The second-order valence-electron chi connectivity index (χ2n) is 3.75. The van der Waals surface area contributed by atoms with Crippen LogP contribution in [0.3, 0.4) is 0 Å². The lowest BCUT2D eigenvalue weighted by atomic mass is 10.3. The summed E-state index contributed by atoms with van der Waals surface area (Å²) >= 11 is 1.34. The molecule has 88 valence electrons. The third kappa shape index (κ3) is 2.65. The van der Waals surface area contributed by atoms with E-state index in [0.717, 1.165) is 25.5 Å². The lowest BCUT2D eigenvalue weighted by molar-refractivity contribution is 0.129. The van der Waals surface area contributed by atoms with Crippen LogP contribution in [0.2, 0.25) is 0 Å². The molecule has 0 aromatic heterocycles. The van der Waals surface area contributed by atoms with Gasteiger partial charge in [0.2, 0.25) is 0 Å². The number of thioether (sulfide) groups is 1. The van der Waals surface area contributed by atoms with Crippen molar-refractivity contribution in [3.05, 3.63) is 23.8 Å². The van der Waals surface area contributed by atoms with Crippen LogP contribution in [0, 0.1) is 11.6 Å². The SMILES string of the molecule is Nc1c(F)cc(F)cc1SCC1CCCO1. The smallest absolute Gasteiger partial charge is 0.150 e. The van der Waals surface area contributed by atoms with E-state index < -0.39 is 11.6 Å². The molecular weight excluding hydrogens is 232 g/mol. The number of rotatable bonds is 3. The molecule has 1 fully saturated rings. The van der Waals surface area contributed by atoms with Gasteiger partial charge in [0, 0.05) is 23.3 Å². The van der Waals surface area contributed by atoms with Crippen LogP contribution in [0.1, 0.15) is 12.8 Å². The molecule has 0 aliphatic carbocycles. The number of halogens is 2. The molecule has 1 aliphatic rings. The van der Waals surface area contributed by atoms with E-state index in [1.807, 2.05) is 0 Å². The van der Waals surface area contributed by atoms with Crippen molar-refractivity contribution in [2.45, 2.75) is 23.8 Å². The van der Waals surface area contributed by atoms with E-state index in [1.165, 1.54) is 17.8 Å². The predicted molar refractivity (Wildman–Crippen MR) is 60.5 cm³/mol. The van der Waals surface area contributed by atoms with Crippen LogP contribution in [0.4, 0.5) is 14.5 Å². The molecule has 1 aromatic rings. The Morgan fingerprint density at radius 1 is 1.44 bits per heavy atom. The van der Waals surface area contributed by atoms with Crippen molar-refractivity contribution in [1.82, 2.24) is 0 Å². The highest BCUT2D eigenvalue weighted by Crippen LogP contribution is 2.30. The minimum absolute atomic E-state index is 0.0180. The normalized spacial score (nSPS) is 20.2. The molecule has 2 rings (SSSR count). The van der Waals surface area contributed by atoms with Gasteiger partial charge in [0.1, 0.15) is 11.6 Å². The van der Waals surface area contributed by atoms with Gasteiger partial charge in [0.05, 0.1) is 11.8 Å². The fourth-order valence-corrected chi connectivity index (χ4v) is 2.72. The summed E-state index contributed by atoms with van der Waals surface area (Å²) in [6, 6.07) is 2.06. The van der Waals surface area contributed by atoms with Gasteiger partial charge < -0.3 is 10.5 Å². The highest BCUT2D eigenvalue weighted by molar-refractivity contribution is 7.99. The number of nitrogens with two attached hydrogens (primary N) is 1. The minimum atomic E-state index is -0.699. The second kappa shape index (κ2) is 5.01. The highest BCUT2D eigenvalue weighted by atomic mass is 32.2. The first-order chi connectivity index (χ1) is 7.66. The number of anilines is 1. The Morgan fingerprint density at radius 2 is 2.25 bits per heavy atom. The van der Waals surface area contributed by atoms with Gasteiger partial charge in [-0.2, -0.15) is 0 Å². The molecule has 1 saturated heterocycles. The summed E-state index contributed by atoms with van der Waals surface area (Å²) in [6.07, 6.45) is 2.24. The Labute approximate surface area is 97.2 Å². The average Bonchev–Trinajstić information content (AvgIpc) is 2.74. The van der Waals surface area contributed by atoms with Crippen molar-refractivity contribution >= 4 is 17.4 Å². The van der Waals surface area contributed by atoms with E-state index in [4.69, 9.17) is 10.5 Å². The summed E-state index contributed by atoms with van der Waals surface area (Å²) in [7, 11) is 0. The molecule has 1 heterocycles. The lowest BCUT2D eigenvalue weighted by Gasteiger charge is -2.10. The average molecular weight is 245 g/mol. The van der Waals surface area contributed by atoms with Gasteiger partial charge in [0.25, 0.3) is 0 Å². The first-order valence-electron chi connectivity index (χ1n) is 5.16. The summed E-state index contributed by atoms with van der Waals surface area (Å²) in [6.45, 7) is 0.776. The highest BCUT2D eigenvalue weighted by Gasteiger charge is 2.17. The third-order valence-electron chi connectivity index (χ3n) is 2.51. The molecule has 2 nitrogen and oxygen atoms in total. The van der Waals surface area contributed by atoms with Gasteiger partial charge in [-0.3, -0.25) is 0 Å². The van der Waals surface area contributed by atoms with Crippen LogP contribution >= 0.6 is 11.8 Å². The number of benzene rings is 1. The van der Waals surface area contributed by atoms with Crippen LogP contribution in [-0.4, -0.2) is 18.5 Å². The van der Waals surface area contributed by atoms with Crippen LogP contribution in [0.5, 0.6) is 0 Å². The predicted octanol–water partition coefficient (Wildman–Crippen LogP) is 2.82. The zero-order valence-electron chi connectivity index (χ0n) is 8.71. The molecule has 1 aromatic carbocycles. The fourth-order valence-electron chi connectivity index (χ4n) is 1.64. The van der Waals surface area contributed by atoms with Crippen molar-refractivity contribution in [2.24, 2.45) is 0 Å². The standard InChI is InChI=1S/C11H13F2NOS/c12-7-4-9(13)11(14)10(5-7)16-6-8-2-1-3-15-8/h4-5,8H,1-3,6,14H2. The Kier molecular flexibility index (Phi) is 3.66. The first kappa shape index (κ1) is 11.7. The molecule has 0 bridgehead atoms. The largest absolute Gasteiger partial charge is 0.395 e. The van der Waals surface area contributed by atoms with E-state index in [9.17, 15) is 8.78 Å². The van der Waals surface area contributed by atoms with E-state index >= 15 is 0 Å². The monoisotopic (exact) mass is 245 g/mol. The van der Waals surface area contributed by atoms with Crippen LogP contribution < -0.4 is 5.73 Å².